The lowest BCUT2D eigenvalue weighted by Crippen LogP contribution is -2.03. The summed E-state index contributed by atoms with van der Waals surface area (Å²) in [5, 5.41) is 13.2. The Balaban J connectivity index is 3.30. The van der Waals surface area contributed by atoms with E-state index in [1.54, 1.807) is 0 Å². The highest BCUT2D eigenvalue weighted by molar-refractivity contribution is 5.72. The van der Waals surface area contributed by atoms with Crippen LogP contribution < -0.4 is 11.5 Å². The molecule has 0 aliphatic carbocycles. The molecule has 0 heterocycles. The predicted molar refractivity (Wildman–Crippen MR) is 47.8 cm³/mol. The van der Waals surface area contributed by atoms with Crippen molar-refractivity contribution >= 4 is 12.1 Å². The van der Waals surface area contributed by atoms with Crippen molar-refractivity contribution in [3.63, 3.8) is 0 Å². The van der Waals surface area contributed by atoms with Crippen molar-refractivity contribution in [3.05, 3.63) is 0 Å². The van der Waals surface area contributed by atoms with Crippen molar-refractivity contribution in [2.45, 2.75) is 12.8 Å². The molecule has 0 saturated heterocycles. The number of rotatable bonds is 5. The standard InChI is InChI=1S/C6H12N6O2/c7-5(13)11-9-3-1-2-4-10-12-6(8)14/h1-4H2,(H2,7,13)(H2,8,14). The summed E-state index contributed by atoms with van der Waals surface area (Å²) in [6.45, 7) is 0.796. The summed E-state index contributed by atoms with van der Waals surface area (Å²) in [7, 11) is 0. The van der Waals surface area contributed by atoms with Crippen LogP contribution in [0.3, 0.4) is 0 Å². The number of hydrogen-bond donors (Lipinski definition) is 2. The molecule has 8 heteroatoms. The van der Waals surface area contributed by atoms with Gasteiger partial charge in [0.05, 0.1) is 13.1 Å². The Morgan fingerprint density at radius 2 is 1.21 bits per heavy atom. The van der Waals surface area contributed by atoms with Gasteiger partial charge in [-0.05, 0) is 12.8 Å². The molecule has 0 saturated carbocycles. The topological polar surface area (TPSA) is 136 Å². The van der Waals surface area contributed by atoms with Gasteiger partial charge >= 0.3 is 12.1 Å². The van der Waals surface area contributed by atoms with Crippen LogP contribution in [-0.4, -0.2) is 25.2 Å². The van der Waals surface area contributed by atoms with Gasteiger partial charge in [0.25, 0.3) is 0 Å². The first-order valence-corrected chi connectivity index (χ1v) is 3.97. The number of urea groups is 2. The molecule has 0 spiro atoms. The summed E-state index contributed by atoms with van der Waals surface area (Å²) in [5.41, 5.74) is 9.41. The first-order valence-electron chi connectivity index (χ1n) is 3.97. The molecule has 4 amide bonds. The summed E-state index contributed by atoms with van der Waals surface area (Å²) >= 11 is 0. The second-order valence-corrected chi connectivity index (χ2v) is 2.31. The largest absolute Gasteiger partial charge is 0.356 e. The Morgan fingerprint density at radius 3 is 1.50 bits per heavy atom. The molecule has 78 valence electrons. The van der Waals surface area contributed by atoms with Gasteiger partial charge in [0.2, 0.25) is 0 Å². The first-order chi connectivity index (χ1) is 6.63. The van der Waals surface area contributed by atoms with Crippen LogP contribution >= 0.6 is 0 Å². The summed E-state index contributed by atoms with van der Waals surface area (Å²) in [6, 6.07) is -1.61. The van der Waals surface area contributed by atoms with Crippen LogP contribution in [0, 0.1) is 0 Å². The Kier molecular flexibility index (Phi) is 6.74. The number of amides is 4. The van der Waals surface area contributed by atoms with Crippen molar-refractivity contribution in [2.24, 2.45) is 31.9 Å². The molecule has 4 N–H and O–H groups in total. The highest BCUT2D eigenvalue weighted by Gasteiger charge is 1.88. The number of azo groups is 2. The second kappa shape index (κ2) is 7.77. The molecule has 0 bridgehead atoms. The molecule has 0 aromatic heterocycles. The Labute approximate surface area is 80.5 Å². The van der Waals surface area contributed by atoms with Gasteiger partial charge in [0.15, 0.2) is 0 Å². The fourth-order valence-electron chi connectivity index (χ4n) is 0.604. The maximum Gasteiger partial charge on any atom is 0.356 e. The van der Waals surface area contributed by atoms with Gasteiger partial charge in [0, 0.05) is 0 Å². The third-order valence-corrected chi connectivity index (χ3v) is 1.10. The number of unbranched alkanes of at least 4 members (excludes halogenated alkanes) is 1. The number of primary amides is 2. The van der Waals surface area contributed by atoms with Crippen LogP contribution in [0.15, 0.2) is 20.5 Å². The van der Waals surface area contributed by atoms with Gasteiger partial charge in [-0.25, -0.2) is 9.59 Å². The minimum Gasteiger partial charge on any atom is -0.348 e. The Bertz CT molecular complexity index is 223. The molecule has 0 aliphatic rings. The molecule has 0 rings (SSSR count). The van der Waals surface area contributed by atoms with Gasteiger partial charge < -0.3 is 11.5 Å². The van der Waals surface area contributed by atoms with E-state index in [1.807, 2.05) is 0 Å². The van der Waals surface area contributed by atoms with Gasteiger partial charge in [-0.15, -0.1) is 0 Å². The maximum absolute atomic E-state index is 10.1. The molecular weight excluding hydrogens is 188 g/mol. The van der Waals surface area contributed by atoms with Gasteiger partial charge in [-0.2, -0.15) is 10.2 Å². The van der Waals surface area contributed by atoms with E-state index in [1.165, 1.54) is 0 Å². The SMILES string of the molecule is NC(=O)N=NCCCCN=NC(N)=O. The van der Waals surface area contributed by atoms with E-state index in [0.717, 1.165) is 0 Å². The fraction of sp³-hybridized carbons (Fsp3) is 0.667. The number of nitrogens with zero attached hydrogens (tertiary/aromatic N) is 4. The predicted octanol–water partition coefficient (Wildman–Crippen LogP) is 0.828. The molecule has 8 nitrogen and oxygen atoms in total. The van der Waals surface area contributed by atoms with E-state index in [0.29, 0.717) is 25.9 Å². The van der Waals surface area contributed by atoms with E-state index in [9.17, 15) is 9.59 Å². The van der Waals surface area contributed by atoms with Gasteiger partial charge in [-0.1, -0.05) is 10.2 Å². The molecule has 0 aromatic carbocycles. The third-order valence-electron chi connectivity index (χ3n) is 1.10. The van der Waals surface area contributed by atoms with Crippen LogP contribution in [0.25, 0.3) is 0 Å². The summed E-state index contributed by atoms with van der Waals surface area (Å²) in [5.74, 6) is 0. The van der Waals surface area contributed by atoms with Crippen molar-refractivity contribution in [2.75, 3.05) is 13.1 Å². The molecule has 0 radical (unpaired) electrons. The van der Waals surface area contributed by atoms with E-state index in [4.69, 9.17) is 11.5 Å². The molecule has 0 fully saturated rings. The molecule has 0 unspecified atom stereocenters. The van der Waals surface area contributed by atoms with E-state index < -0.39 is 12.1 Å². The average Bonchev–Trinajstić information content (AvgIpc) is 2.08. The Hall–Kier alpha value is -1.86. The summed E-state index contributed by atoms with van der Waals surface area (Å²) in [6.07, 6.45) is 1.38. The average molecular weight is 200 g/mol. The Morgan fingerprint density at radius 1 is 0.857 bits per heavy atom. The molecule has 0 aromatic rings. The lowest BCUT2D eigenvalue weighted by molar-refractivity contribution is 0.254. The molecule has 0 atom stereocenters. The normalized spacial score (nSPS) is 11.1. The second-order valence-electron chi connectivity index (χ2n) is 2.31. The molecule has 0 aliphatic heterocycles. The van der Waals surface area contributed by atoms with Crippen molar-refractivity contribution < 1.29 is 9.59 Å². The van der Waals surface area contributed by atoms with E-state index in [2.05, 4.69) is 20.5 Å². The monoisotopic (exact) mass is 200 g/mol. The maximum atomic E-state index is 10.1. The smallest absolute Gasteiger partial charge is 0.348 e. The molecular formula is C6H12N6O2. The number of carbonyl (C=O) groups is 2. The minimum atomic E-state index is -0.807. The number of nitrogens with two attached hydrogens (primary N) is 2. The van der Waals surface area contributed by atoms with Crippen LogP contribution in [0.4, 0.5) is 9.59 Å². The van der Waals surface area contributed by atoms with Crippen LogP contribution in [0.1, 0.15) is 12.8 Å². The lowest BCUT2D eigenvalue weighted by atomic mass is 10.3. The van der Waals surface area contributed by atoms with Crippen LogP contribution in [0.2, 0.25) is 0 Å². The zero-order valence-corrected chi connectivity index (χ0v) is 7.59. The summed E-state index contributed by atoms with van der Waals surface area (Å²) < 4.78 is 0. The van der Waals surface area contributed by atoms with E-state index >= 15 is 0 Å². The zero-order chi connectivity index (χ0) is 10.8. The number of hydrogen-bond acceptors (Lipinski definition) is 4. The van der Waals surface area contributed by atoms with Crippen molar-refractivity contribution in [1.82, 2.24) is 0 Å². The van der Waals surface area contributed by atoms with Crippen LogP contribution in [0.5, 0.6) is 0 Å². The first kappa shape index (κ1) is 12.1. The highest BCUT2D eigenvalue weighted by Crippen LogP contribution is 1.91. The van der Waals surface area contributed by atoms with Crippen LogP contribution in [-0.2, 0) is 0 Å². The minimum absolute atomic E-state index is 0.398. The summed E-state index contributed by atoms with van der Waals surface area (Å²) in [4.78, 5) is 20.2. The lowest BCUT2D eigenvalue weighted by Gasteiger charge is -1.90. The molecule has 14 heavy (non-hydrogen) atoms. The van der Waals surface area contributed by atoms with Gasteiger partial charge in [0.1, 0.15) is 0 Å². The quantitative estimate of drug-likeness (QED) is 0.501. The number of carbonyl (C=O) groups excluding carboxylic acids is 2. The van der Waals surface area contributed by atoms with E-state index in [-0.39, 0.29) is 0 Å². The third kappa shape index (κ3) is 10.1. The van der Waals surface area contributed by atoms with Gasteiger partial charge in [-0.3, -0.25) is 0 Å². The zero-order valence-electron chi connectivity index (χ0n) is 7.59. The van der Waals surface area contributed by atoms with Crippen molar-refractivity contribution in [3.8, 4) is 0 Å². The highest BCUT2D eigenvalue weighted by atomic mass is 16.2. The van der Waals surface area contributed by atoms with Crippen molar-refractivity contribution in [1.29, 1.82) is 0 Å². The fourth-order valence-corrected chi connectivity index (χ4v) is 0.604.